The summed E-state index contributed by atoms with van der Waals surface area (Å²) < 4.78 is 0. The van der Waals surface area contributed by atoms with Gasteiger partial charge in [0.25, 0.3) is 0 Å². The van der Waals surface area contributed by atoms with Crippen molar-refractivity contribution < 1.29 is 0 Å². The summed E-state index contributed by atoms with van der Waals surface area (Å²) in [6.45, 7) is 17.1. The van der Waals surface area contributed by atoms with Gasteiger partial charge in [0.1, 0.15) is 0 Å². The molecule has 0 aromatic heterocycles. The summed E-state index contributed by atoms with van der Waals surface area (Å²) in [5.74, 6) is 2.69. The average molecular weight is 210 g/mol. The van der Waals surface area contributed by atoms with Crippen LogP contribution < -0.4 is 0 Å². The first-order valence-electron chi connectivity index (χ1n) is 6.67. The minimum atomic E-state index is 0.449. The summed E-state index contributed by atoms with van der Waals surface area (Å²) in [4.78, 5) is 0. The van der Waals surface area contributed by atoms with E-state index < -0.39 is 0 Å². The fourth-order valence-corrected chi connectivity index (χ4v) is 3.05. The summed E-state index contributed by atoms with van der Waals surface area (Å²) in [6, 6.07) is 0. The summed E-state index contributed by atoms with van der Waals surface area (Å²) >= 11 is 0. The van der Waals surface area contributed by atoms with E-state index in [1.54, 1.807) is 0 Å². The molecule has 0 heterocycles. The largest absolute Gasteiger partial charge is 0.0622 e. The zero-order chi connectivity index (χ0) is 11.9. The molecule has 0 radical (unpaired) electrons. The van der Waals surface area contributed by atoms with Gasteiger partial charge < -0.3 is 0 Å². The fourth-order valence-electron chi connectivity index (χ4n) is 3.05. The van der Waals surface area contributed by atoms with Crippen molar-refractivity contribution in [1.29, 1.82) is 0 Å². The molecule has 1 fully saturated rings. The van der Waals surface area contributed by atoms with Gasteiger partial charge in [0.05, 0.1) is 0 Å². The molecule has 1 saturated carbocycles. The van der Waals surface area contributed by atoms with Crippen LogP contribution in [0.3, 0.4) is 0 Å². The zero-order valence-corrected chi connectivity index (χ0v) is 11.9. The van der Waals surface area contributed by atoms with Crippen molar-refractivity contribution >= 4 is 0 Å². The van der Waals surface area contributed by atoms with E-state index >= 15 is 0 Å². The van der Waals surface area contributed by atoms with Crippen molar-refractivity contribution in [3.63, 3.8) is 0 Å². The number of hydrogen-bond acceptors (Lipinski definition) is 0. The molecule has 4 atom stereocenters. The van der Waals surface area contributed by atoms with E-state index in [1.165, 1.54) is 19.3 Å². The third-order valence-corrected chi connectivity index (χ3v) is 5.53. The zero-order valence-electron chi connectivity index (χ0n) is 11.9. The lowest BCUT2D eigenvalue weighted by Gasteiger charge is -2.43. The third kappa shape index (κ3) is 2.57. The molecule has 0 N–H and O–H groups in total. The normalized spacial score (nSPS) is 43.8. The third-order valence-electron chi connectivity index (χ3n) is 5.53. The standard InChI is InChI=1S/C15H30/c1-11-8-9-15(7,14(4,5)6)10-12(2)13(11)3/h11-13H,8-10H2,1-7H3. The molecule has 0 aliphatic heterocycles. The van der Waals surface area contributed by atoms with Gasteiger partial charge in [0, 0.05) is 0 Å². The molecule has 0 aromatic carbocycles. The lowest BCUT2D eigenvalue weighted by molar-refractivity contribution is 0.0705. The van der Waals surface area contributed by atoms with Gasteiger partial charge in [0.2, 0.25) is 0 Å². The van der Waals surface area contributed by atoms with Gasteiger partial charge in [-0.25, -0.2) is 0 Å². The second kappa shape index (κ2) is 4.11. The van der Waals surface area contributed by atoms with Gasteiger partial charge in [-0.15, -0.1) is 0 Å². The van der Waals surface area contributed by atoms with Crippen LogP contribution in [0.1, 0.15) is 67.7 Å². The van der Waals surface area contributed by atoms with Crippen LogP contribution in [-0.4, -0.2) is 0 Å². The SMILES string of the molecule is CC1CCC(C)(C(C)(C)C)CC(C)C1C. The van der Waals surface area contributed by atoms with Gasteiger partial charge in [-0.1, -0.05) is 48.5 Å². The topological polar surface area (TPSA) is 0 Å². The van der Waals surface area contributed by atoms with E-state index in [0.29, 0.717) is 10.8 Å². The van der Waals surface area contributed by atoms with E-state index in [4.69, 9.17) is 0 Å². The molecule has 1 aliphatic carbocycles. The molecule has 1 rings (SSSR count). The first-order chi connectivity index (χ1) is 6.67. The second-order valence-electron chi connectivity index (χ2n) is 7.37. The Kier molecular flexibility index (Phi) is 3.58. The van der Waals surface area contributed by atoms with Gasteiger partial charge >= 0.3 is 0 Å². The predicted octanol–water partition coefficient (Wildman–Crippen LogP) is 5.13. The summed E-state index contributed by atoms with van der Waals surface area (Å²) in [6.07, 6.45) is 4.23. The van der Waals surface area contributed by atoms with Crippen LogP contribution in [0.2, 0.25) is 0 Å². The maximum absolute atomic E-state index is 2.51. The molecule has 0 saturated heterocycles. The van der Waals surface area contributed by atoms with Crippen LogP contribution in [0, 0.1) is 28.6 Å². The Hall–Kier alpha value is 0. The maximum atomic E-state index is 2.51. The minimum absolute atomic E-state index is 0.449. The van der Waals surface area contributed by atoms with Gasteiger partial charge in [-0.3, -0.25) is 0 Å². The van der Waals surface area contributed by atoms with Crippen LogP contribution in [-0.2, 0) is 0 Å². The van der Waals surface area contributed by atoms with Crippen LogP contribution in [0.25, 0.3) is 0 Å². The van der Waals surface area contributed by atoms with Crippen molar-refractivity contribution in [2.75, 3.05) is 0 Å². The highest BCUT2D eigenvalue weighted by molar-refractivity contribution is 4.92. The lowest BCUT2D eigenvalue weighted by atomic mass is 9.62. The molecule has 1 aliphatic rings. The predicted molar refractivity (Wildman–Crippen MR) is 68.9 cm³/mol. The molecule has 90 valence electrons. The minimum Gasteiger partial charge on any atom is -0.0622 e. The molecule has 0 bridgehead atoms. The van der Waals surface area contributed by atoms with E-state index in [9.17, 15) is 0 Å². The lowest BCUT2D eigenvalue weighted by Crippen LogP contribution is -2.33. The molecule has 0 amide bonds. The maximum Gasteiger partial charge on any atom is -0.0274 e. The van der Waals surface area contributed by atoms with Crippen LogP contribution in [0.5, 0.6) is 0 Å². The monoisotopic (exact) mass is 210 g/mol. The highest BCUT2D eigenvalue weighted by Crippen LogP contribution is 2.51. The highest BCUT2D eigenvalue weighted by Gasteiger charge is 2.41. The molecule has 0 heteroatoms. The Morgan fingerprint density at radius 1 is 1.00 bits per heavy atom. The molecular weight excluding hydrogens is 180 g/mol. The molecule has 4 unspecified atom stereocenters. The van der Waals surface area contributed by atoms with Crippen LogP contribution in [0.4, 0.5) is 0 Å². The molecule has 0 aromatic rings. The molecule has 15 heavy (non-hydrogen) atoms. The summed E-state index contributed by atoms with van der Waals surface area (Å²) in [5.41, 5.74) is 0.983. The molecular formula is C15H30. The van der Waals surface area contributed by atoms with Crippen LogP contribution >= 0.6 is 0 Å². The van der Waals surface area contributed by atoms with E-state index in [2.05, 4.69) is 48.5 Å². The van der Waals surface area contributed by atoms with Gasteiger partial charge in [-0.05, 0) is 47.8 Å². The van der Waals surface area contributed by atoms with Crippen molar-refractivity contribution in [2.45, 2.75) is 67.7 Å². The van der Waals surface area contributed by atoms with Crippen LogP contribution in [0.15, 0.2) is 0 Å². The Labute approximate surface area is 96.8 Å². The van der Waals surface area contributed by atoms with Gasteiger partial charge in [0.15, 0.2) is 0 Å². The Morgan fingerprint density at radius 3 is 2.00 bits per heavy atom. The first-order valence-corrected chi connectivity index (χ1v) is 6.67. The molecule has 0 nitrogen and oxygen atoms in total. The Morgan fingerprint density at radius 2 is 1.53 bits per heavy atom. The summed E-state index contributed by atoms with van der Waals surface area (Å²) in [7, 11) is 0. The smallest absolute Gasteiger partial charge is 0.0274 e. The van der Waals surface area contributed by atoms with E-state index in [0.717, 1.165) is 17.8 Å². The van der Waals surface area contributed by atoms with Crippen molar-refractivity contribution in [3.05, 3.63) is 0 Å². The van der Waals surface area contributed by atoms with Gasteiger partial charge in [-0.2, -0.15) is 0 Å². The Balaban J connectivity index is 2.87. The van der Waals surface area contributed by atoms with Crippen molar-refractivity contribution in [2.24, 2.45) is 28.6 Å². The van der Waals surface area contributed by atoms with Crippen molar-refractivity contribution in [3.8, 4) is 0 Å². The van der Waals surface area contributed by atoms with E-state index in [1.807, 2.05) is 0 Å². The Bertz CT molecular complexity index is 211. The number of hydrogen-bond donors (Lipinski definition) is 0. The highest BCUT2D eigenvalue weighted by atomic mass is 14.5. The van der Waals surface area contributed by atoms with E-state index in [-0.39, 0.29) is 0 Å². The average Bonchev–Trinajstić information content (AvgIpc) is 2.18. The quantitative estimate of drug-likeness (QED) is 0.486. The summed E-state index contributed by atoms with van der Waals surface area (Å²) in [5, 5.41) is 0. The molecule has 0 spiro atoms. The first kappa shape index (κ1) is 13.1. The second-order valence-corrected chi connectivity index (χ2v) is 7.37. The number of rotatable bonds is 0. The fraction of sp³-hybridized carbons (Fsp3) is 1.00. The van der Waals surface area contributed by atoms with Crippen molar-refractivity contribution in [1.82, 2.24) is 0 Å².